The molecule has 2 amide bonds. The summed E-state index contributed by atoms with van der Waals surface area (Å²) in [5.74, 6) is -0.984. The number of nitrogens with two attached hydrogens (primary N) is 1. The Labute approximate surface area is 166 Å². The highest BCUT2D eigenvalue weighted by molar-refractivity contribution is 7.17. The van der Waals surface area contributed by atoms with Crippen molar-refractivity contribution in [3.8, 4) is 11.1 Å². The number of primary amides is 1. The van der Waals surface area contributed by atoms with Crippen LogP contribution < -0.4 is 16.6 Å². The number of carbonyl (C=O) groups is 2. The SMILES string of the molecule is Cc1ccc(-c2csc3ncn(CCC(=O)NC(C)(C)C(N)=O)c(=O)c23)cc1. The van der Waals surface area contributed by atoms with Gasteiger partial charge in [0.05, 0.1) is 11.7 Å². The normalized spacial score (nSPS) is 11.5. The van der Waals surface area contributed by atoms with E-state index in [4.69, 9.17) is 5.73 Å². The van der Waals surface area contributed by atoms with Crippen LogP contribution in [0.25, 0.3) is 21.3 Å². The first-order valence-electron chi connectivity index (χ1n) is 8.83. The van der Waals surface area contributed by atoms with Gasteiger partial charge in [-0.3, -0.25) is 19.0 Å². The summed E-state index contributed by atoms with van der Waals surface area (Å²) in [5.41, 5.74) is 6.86. The van der Waals surface area contributed by atoms with E-state index in [0.29, 0.717) is 10.2 Å². The van der Waals surface area contributed by atoms with E-state index in [1.54, 1.807) is 0 Å². The van der Waals surface area contributed by atoms with Crippen molar-refractivity contribution >= 4 is 33.4 Å². The van der Waals surface area contributed by atoms with E-state index in [0.717, 1.165) is 16.7 Å². The lowest BCUT2D eigenvalue weighted by molar-refractivity contribution is -0.130. The molecule has 28 heavy (non-hydrogen) atoms. The third kappa shape index (κ3) is 3.96. The lowest BCUT2D eigenvalue weighted by Gasteiger charge is -2.22. The van der Waals surface area contributed by atoms with E-state index in [-0.39, 0.29) is 24.4 Å². The first-order valence-corrected chi connectivity index (χ1v) is 9.71. The highest BCUT2D eigenvalue weighted by Crippen LogP contribution is 2.30. The Morgan fingerprint density at radius 3 is 2.57 bits per heavy atom. The molecule has 2 heterocycles. The van der Waals surface area contributed by atoms with Crippen molar-refractivity contribution in [1.82, 2.24) is 14.9 Å². The van der Waals surface area contributed by atoms with Gasteiger partial charge in [-0.2, -0.15) is 0 Å². The van der Waals surface area contributed by atoms with Crippen molar-refractivity contribution in [2.24, 2.45) is 5.73 Å². The second kappa shape index (κ2) is 7.55. The van der Waals surface area contributed by atoms with Gasteiger partial charge in [-0.15, -0.1) is 11.3 Å². The zero-order valence-electron chi connectivity index (χ0n) is 16.0. The smallest absolute Gasteiger partial charge is 0.262 e. The first kappa shape index (κ1) is 19.8. The number of aryl methyl sites for hydroxylation is 2. The predicted octanol–water partition coefficient (Wildman–Crippen LogP) is 2.20. The van der Waals surface area contributed by atoms with Gasteiger partial charge in [-0.05, 0) is 26.3 Å². The number of thiophene rings is 1. The molecule has 0 fully saturated rings. The summed E-state index contributed by atoms with van der Waals surface area (Å²) in [7, 11) is 0. The van der Waals surface area contributed by atoms with E-state index < -0.39 is 11.4 Å². The molecule has 0 bridgehead atoms. The molecule has 3 aromatic rings. The standard InChI is InChI=1S/C20H22N4O3S/c1-12-4-6-13(7-5-12)14-10-28-17-16(14)18(26)24(11-22-17)9-8-15(25)23-20(2,3)19(21)27/h4-7,10-11H,8-9H2,1-3H3,(H2,21,27)(H,23,25). The van der Waals surface area contributed by atoms with Crippen LogP contribution in [0.15, 0.2) is 40.8 Å². The monoisotopic (exact) mass is 398 g/mol. The largest absolute Gasteiger partial charge is 0.368 e. The van der Waals surface area contributed by atoms with Gasteiger partial charge in [-0.25, -0.2) is 4.98 Å². The minimum atomic E-state index is -1.14. The summed E-state index contributed by atoms with van der Waals surface area (Å²) in [5, 5.41) is 5.05. The third-order valence-corrected chi connectivity index (χ3v) is 5.46. The fourth-order valence-corrected chi connectivity index (χ4v) is 3.67. The number of fused-ring (bicyclic) bond motifs is 1. The van der Waals surface area contributed by atoms with Crippen molar-refractivity contribution in [2.45, 2.75) is 39.3 Å². The van der Waals surface area contributed by atoms with Crippen molar-refractivity contribution in [2.75, 3.05) is 0 Å². The maximum absolute atomic E-state index is 13.0. The molecule has 0 unspecified atom stereocenters. The van der Waals surface area contributed by atoms with Crippen LogP contribution in [-0.4, -0.2) is 26.9 Å². The van der Waals surface area contributed by atoms with Gasteiger partial charge in [0.1, 0.15) is 10.4 Å². The molecule has 0 saturated heterocycles. The summed E-state index contributed by atoms with van der Waals surface area (Å²) < 4.78 is 1.42. The average Bonchev–Trinajstić information content (AvgIpc) is 3.06. The van der Waals surface area contributed by atoms with E-state index in [1.165, 1.54) is 36.1 Å². The molecule has 3 rings (SSSR count). The second-order valence-electron chi connectivity index (χ2n) is 7.23. The molecule has 0 saturated carbocycles. The van der Waals surface area contributed by atoms with Crippen molar-refractivity contribution < 1.29 is 9.59 Å². The zero-order valence-corrected chi connectivity index (χ0v) is 16.8. The molecule has 146 valence electrons. The molecule has 8 heteroatoms. The molecule has 0 atom stereocenters. The van der Waals surface area contributed by atoms with Crippen LogP contribution in [0.1, 0.15) is 25.8 Å². The Morgan fingerprint density at radius 1 is 1.25 bits per heavy atom. The third-order valence-electron chi connectivity index (χ3n) is 4.57. The number of amides is 2. The summed E-state index contributed by atoms with van der Waals surface area (Å²) in [6.07, 6.45) is 1.49. The van der Waals surface area contributed by atoms with Gasteiger partial charge in [0.2, 0.25) is 11.8 Å². The van der Waals surface area contributed by atoms with Crippen molar-refractivity contribution in [1.29, 1.82) is 0 Å². The number of nitrogens with zero attached hydrogens (tertiary/aromatic N) is 2. The number of hydrogen-bond acceptors (Lipinski definition) is 5. The molecule has 7 nitrogen and oxygen atoms in total. The molecule has 0 spiro atoms. The second-order valence-corrected chi connectivity index (χ2v) is 8.08. The van der Waals surface area contributed by atoms with Crippen LogP contribution >= 0.6 is 11.3 Å². The maximum atomic E-state index is 13.0. The van der Waals surface area contributed by atoms with E-state index in [2.05, 4.69) is 10.3 Å². The zero-order chi connectivity index (χ0) is 20.5. The summed E-state index contributed by atoms with van der Waals surface area (Å²) >= 11 is 1.42. The van der Waals surface area contributed by atoms with Crippen LogP contribution in [0.3, 0.4) is 0 Å². The Balaban J connectivity index is 1.85. The number of hydrogen-bond donors (Lipinski definition) is 2. The Kier molecular flexibility index (Phi) is 5.33. The Morgan fingerprint density at radius 2 is 1.93 bits per heavy atom. The van der Waals surface area contributed by atoms with Crippen LogP contribution in [0.2, 0.25) is 0 Å². The predicted molar refractivity (Wildman–Crippen MR) is 110 cm³/mol. The minimum absolute atomic E-state index is 0.0355. The van der Waals surface area contributed by atoms with Crippen LogP contribution in [0.4, 0.5) is 0 Å². The molecular weight excluding hydrogens is 376 g/mol. The Bertz CT molecular complexity index is 1100. The van der Waals surface area contributed by atoms with Crippen LogP contribution in [0.5, 0.6) is 0 Å². The molecule has 0 aliphatic carbocycles. The molecule has 0 aliphatic heterocycles. The van der Waals surface area contributed by atoms with Gasteiger partial charge in [0.15, 0.2) is 0 Å². The van der Waals surface area contributed by atoms with Crippen molar-refractivity contribution in [3.63, 3.8) is 0 Å². The summed E-state index contributed by atoms with van der Waals surface area (Å²) in [6.45, 7) is 5.23. The highest BCUT2D eigenvalue weighted by atomic mass is 32.1. The quantitative estimate of drug-likeness (QED) is 0.664. The van der Waals surface area contributed by atoms with E-state index in [1.807, 2.05) is 36.6 Å². The minimum Gasteiger partial charge on any atom is -0.368 e. The van der Waals surface area contributed by atoms with Gasteiger partial charge >= 0.3 is 0 Å². The lowest BCUT2D eigenvalue weighted by atomic mass is 10.0. The van der Waals surface area contributed by atoms with Crippen molar-refractivity contribution in [3.05, 3.63) is 51.9 Å². The van der Waals surface area contributed by atoms with E-state index in [9.17, 15) is 14.4 Å². The molecule has 2 aromatic heterocycles. The molecule has 0 aliphatic rings. The average molecular weight is 398 g/mol. The van der Waals surface area contributed by atoms with Crippen LogP contribution in [0, 0.1) is 6.92 Å². The maximum Gasteiger partial charge on any atom is 0.262 e. The molecule has 3 N–H and O–H groups in total. The first-order chi connectivity index (χ1) is 13.2. The Hall–Kier alpha value is -3.00. The number of carbonyl (C=O) groups excluding carboxylic acids is 2. The topological polar surface area (TPSA) is 107 Å². The van der Waals surface area contributed by atoms with Gasteiger partial charge in [0, 0.05) is 23.9 Å². The molecule has 1 aromatic carbocycles. The molecule has 0 radical (unpaired) electrons. The fraction of sp³-hybridized carbons (Fsp3) is 0.300. The summed E-state index contributed by atoms with van der Waals surface area (Å²) in [6, 6.07) is 7.96. The number of nitrogens with one attached hydrogen (secondary N) is 1. The van der Waals surface area contributed by atoms with Gasteiger partial charge < -0.3 is 11.1 Å². The lowest BCUT2D eigenvalue weighted by Crippen LogP contribution is -2.53. The number of rotatable bonds is 6. The van der Waals surface area contributed by atoms with Crippen LogP contribution in [-0.2, 0) is 16.1 Å². The number of benzene rings is 1. The highest BCUT2D eigenvalue weighted by Gasteiger charge is 2.26. The van der Waals surface area contributed by atoms with Gasteiger partial charge in [-0.1, -0.05) is 29.8 Å². The fourth-order valence-electron chi connectivity index (χ4n) is 2.77. The summed E-state index contributed by atoms with van der Waals surface area (Å²) in [4.78, 5) is 41.5. The number of aromatic nitrogens is 2. The van der Waals surface area contributed by atoms with Gasteiger partial charge in [0.25, 0.3) is 5.56 Å². The van der Waals surface area contributed by atoms with E-state index >= 15 is 0 Å². The molecular formula is C20H22N4O3S.